The largest absolute Gasteiger partial charge is 0.507 e. The van der Waals surface area contributed by atoms with Gasteiger partial charge in [0.25, 0.3) is 5.91 Å². The van der Waals surface area contributed by atoms with E-state index in [0.29, 0.717) is 5.92 Å². The van der Waals surface area contributed by atoms with Crippen LogP contribution in [0.1, 0.15) is 56.3 Å². The molecule has 1 saturated carbocycles. The Morgan fingerprint density at radius 2 is 1.74 bits per heavy atom. The van der Waals surface area contributed by atoms with Crippen molar-refractivity contribution in [2.75, 3.05) is 11.9 Å². The maximum Gasteiger partial charge on any atom is 0.397 e. The maximum absolute atomic E-state index is 12.8. The molecule has 2 aromatic carbocycles. The Morgan fingerprint density at radius 3 is 2.37 bits per heavy atom. The quantitative estimate of drug-likeness (QED) is 0.317. The normalized spacial score (nSPS) is 14.6. The summed E-state index contributed by atoms with van der Waals surface area (Å²) in [5.41, 5.74) is 0.239. The highest BCUT2D eigenvalue weighted by atomic mass is 35.5. The SMILES string of the molecule is CCOC(=O)C(=O)Nc1cc(Cl)c(Oc2ccc(O)c(C(=O)N[C@H](C)C3CCCCC3)c2)c(Cl)c1. The van der Waals surface area contributed by atoms with E-state index in [1.165, 1.54) is 36.8 Å². The van der Waals surface area contributed by atoms with Gasteiger partial charge in [-0.15, -0.1) is 0 Å². The van der Waals surface area contributed by atoms with Crippen LogP contribution in [0.15, 0.2) is 30.3 Å². The van der Waals surface area contributed by atoms with Crippen LogP contribution in [0.3, 0.4) is 0 Å². The Labute approximate surface area is 213 Å². The molecule has 0 aromatic heterocycles. The van der Waals surface area contributed by atoms with E-state index in [0.717, 1.165) is 25.7 Å². The first kappa shape index (κ1) is 26.6. The van der Waals surface area contributed by atoms with Gasteiger partial charge in [0.2, 0.25) is 0 Å². The number of phenolic OH excluding ortho intramolecular Hbond substituents is 1. The third kappa shape index (κ3) is 7.02. The number of esters is 1. The van der Waals surface area contributed by atoms with Crippen molar-refractivity contribution in [1.82, 2.24) is 5.32 Å². The predicted octanol–water partition coefficient (Wildman–Crippen LogP) is 5.69. The monoisotopic (exact) mass is 522 g/mol. The van der Waals surface area contributed by atoms with Crippen LogP contribution in [-0.4, -0.2) is 35.5 Å². The molecule has 0 unspecified atom stereocenters. The van der Waals surface area contributed by atoms with Crippen molar-refractivity contribution in [2.45, 2.75) is 52.0 Å². The Kier molecular flexibility index (Phi) is 9.23. The summed E-state index contributed by atoms with van der Waals surface area (Å²) in [6.07, 6.45) is 5.69. The number of carbonyl (C=O) groups excluding carboxylic acids is 3. The number of halogens is 2. The molecule has 1 aliphatic carbocycles. The lowest BCUT2D eigenvalue weighted by Gasteiger charge is -2.28. The van der Waals surface area contributed by atoms with E-state index in [1.807, 2.05) is 6.92 Å². The van der Waals surface area contributed by atoms with E-state index < -0.39 is 17.8 Å². The summed E-state index contributed by atoms with van der Waals surface area (Å²) in [7, 11) is 0. The Bertz CT molecular complexity index is 1080. The number of hydrogen-bond acceptors (Lipinski definition) is 6. The van der Waals surface area contributed by atoms with Crippen LogP contribution in [0.5, 0.6) is 17.2 Å². The minimum absolute atomic E-state index is 0.0203. The first-order valence-electron chi connectivity index (χ1n) is 11.5. The third-order valence-corrected chi connectivity index (χ3v) is 6.43. The van der Waals surface area contributed by atoms with Crippen LogP contribution in [0.4, 0.5) is 5.69 Å². The zero-order valence-electron chi connectivity index (χ0n) is 19.5. The Hall–Kier alpha value is -2.97. The highest BCUT2D eigenvalue weighted by Crippen LogP contribution is 2.39. The molecular weight excluding hydrogens is 495 g/mol. The van der Waals surface area contributed by atoms with E-state index in [2.05, 4.69) is 15.4 Å². The molecule has 1 atom stereocenters. The lowest BCUT2D eigenvalue weighted by molar-refractivity contribution is -0.152. The number of anilines is 1. The summed E-state index contributed by atoms with van der Waals surface area (Å²) in [6.45, 7) is 3.63. The summed E-state index contributed by atoms with van der Waals surface area (Å²) < 4.78 is 10.4. The second-order valence-electron chi connectivity index (χ2n) is 8.38. The van der Waals surface area contributed by atoms with Gasteiger partial charge in [0.05, 0.1) is 22.2 Å². The van der Waals surface area contributed by atoms with Crippen LogP contribution in [-0.2, 0) is 14.3 Å². The highest BCUT2D eigenvalue weighted by Gasteiger charge is 2.24. The zero-order valence-corrected chi connectivity index (χ0v) is 21.0. The first-order chi connectivity index (χ1) is 16.7. The van der Waals surface area contributed by atoms with Gasteiger partial charge < -0.3 is 25.2 Å². The molecule has 0 radical (unpaired) electrons. The van der Waals surface area contributed by atoms with Crippen molar-refractivity contribution in [2.24, 2.45) is 5.92 Å². The molecule has 8 nitrogen and oxygen atoms in total. The molecule has 2 amide bonds. The fraction of sp³-hybridized carbons (Fsp3) is 0.400. The molecule has 35 heavy (non-hydrogen) atoms. The van der Waals surface area contributed by atoms with E-state index in [4.69, 9.17) is 27.9 Å². The van der Waals surface area contributed by atoms with Crippen LogP contribution in [0.2, 0.25) is 10.0 Å². The number of rotatable bonds is 7. The minimum Gasteiger partial charge on any atom is -0.507 e. The zero-order chi connectivity index (χ0) is 25.5. The number of phenols is 1. The summed E-state index contributed by atoms with van der Waals surface area (Å²) in [5.74, 6) is -1.87. The number of aromatic hydroxyl groups is 1. The van der Waals surface area contributed by atoms with Crippen molar-refractivity contribution >= 4 is 46.7 Å². The second kappa shape index (κ2) is 12.1. The van der Waals surface area contributed by atoms with Gasteiger partial charge in [-0.25, -0.2) is 4.79 Å². The van der Waals surface area contributed by atoms with E-state index in [1.54, 1.807) is 6.92 Å². The molecule has 1 fully saturated rings. The van der Waals surface area contributed by atoms with Crippen molar-refractivity contribution in [3.05, 3.63) is 45.9 Å². The molecule has 3 N–H and O–H groups in total. The standard InChI is InChI=1S/C25H28Cl2N2O6/c1-3-34-25(33)24(32)29-16-11-19(26)22(20(27)12-16)35-17-9-10-21(30)18(13-17)23(31)28-14(2)15-7-5-4-6-8-15/h9-15,30H,3-8H2,1-2H3,(H,28,31)(H,29,32)/t14-/m1/s1. The van der Waals surface area contributed by atoms with Gasteiger partial charge in [0.15, 0.2) is 5.75 Å². The molecule has 1 aliphatic rings. The summed E-state index contributed by atoms with van der Waals surface area (Å²) in [5, 5.41) is 15.7. The molecule has 2 aromatic rings. The van der Waals surface area contributed by atoms with Gasteiger partial charge in [0.1, 0.15) is 11.5 Å². The predicted molar refractivity (Wildman–Crippen MR) is 133 cm³/mol. The molecule has 3 rings (SSSR count). The minimum atomic E-state index is -1.03. The van der Waals surface area contributed by atoms with Crippen molar-refractivity contribution in [3.8, 4) is 17.2 Å². The number of carbonyl (C=O) groups is 3. The third-order valence-electron chi connectivity index (χ3n) is 5.87. The van der Waals surface area contributed by atoms with Crippen molar-refractivity contribution < 1.29 is 29.0 Å². The lowest BCUT2D eigenvalue weighted by atomic mass is 9.84. The number of benzene rings is 2. The Balaban J connectivity index is 1.73. The number of amides is 2. The number of hydrogen-bond donors (Lipinski definition) is 3. The van der Waals surface area contributed by atoms with E-state index in [9.17, 15) is 19.5 Å². The molecule has 0 saturated heterocycles. The van der Waals surface area contributed by atoms with Gasteiger partial charge in [-0.05, 0) is 62.9 Å². The summed E-state index contributed by atoms with van der Waals surface area (Å²) in [6, 6.07) is 6.93. The van der Waals surface area contributed by atoms with Gasteiger partial charge in [-0.2, -0.15) is 0 Å². The Morgan fingerprint density at radius 1 is 1.09 bits per heavy atom. The number of nitrogens with one attached hydrogen (secondary N) is 2. The van der Waals surface area contributed by atoms with Crippen LogP contribution >= 0.6 is 23.2 Å². The van der Waals surface area contributed by atoms with Crippen LogP contribution in [0.25, 0.3) is 0 Å². The fourth-order valence-corrected chi connectivity index (χ4v) is 4.59. The summed E-state index contributed by atoms with van der Waals surface area (Å²) in [4.78, 5) is 36.2. The average molecular weight is 523 g/mol. The average Bonchev–Trinajstić information content (AvgIpc) is 2.83. The van der Waals surface area contributed by atoms with Gasteiger partial charge in [-0.1, -0.05) is 42.5 Å². The fourth-order valence-electron chi connectivity index (χ4n) is 4.02. The van der Waals surface area contributed by atoms with Gasteiger partial charge in [-0.3, -0.25) is 9.59 Å². The highest BCUT2D eigenvalue weighted by molar-refractivity contribution is 6.39. The van der Waals surface area contributed by atoms with E-state index >= 15 is 0 Å². The maximum atomic E-state index is 12.8. The molecule has 0 spiro atoms. The first-order valence-corrected chi connectivity index (χ1v) is 12.2. The van der Waals surface area contributed by atoms with E-state index in [-0.39, 0.29) is 51.2 Å². The van der Waals surface area contributed by atoms with Gasteiger partial charge in [0, 0.05) is 11.7 Å². The van der Waals surface area contributed by atoms with Crippen LogP contribution < -0.4 is 15.4 Å². The van der Waals surface area contributed by atoms with Crippen LogP contribution in [0, 0.1) is 5.92 Å². The second-order valence-corrected chi connectivity index (χ2v) is 9.20. The van der Waals surface area contributed by atoms with Gasteiger partial charge >= 0.3 is 11.9 Å². The molecule has 0 bridgehead atoms. The van der Waals surface area contributed by atoms with Crippen molar-refractivity contribution in [1.29, 1.82) is 0 Å². The lowest BCUT2D eigenvalue weighted by Crippen LogP contribution is -2.38. The topological polar surface area (TPSA) is 114 Å². The molecule has 188 valence electrons. The van der Waals surface area contributed by atoms with Crippen molar-refractivity contribution in [3.63, 3.8) is 0 Å². The molecule has 10 heteroatoms. The molecular formula is C25H28Cl2N2O6. The number of ether oxygens (including phenoxy) is 2. The summed E-state index contributed by atoms with van der Waals surface area (Å²) >= 11 is 12.6. The smallest absolute Gasteiger partial charge is 0.397 e. The molecule has 0 aliphatic heterocycles. The molecule has 0 heterocycles.